The highest BCUT2D eigenvalue weighted by molar-refractivity contribution is 7.08. The molecule has 0 saturated heterocycles. The van der Waals surface area contributed by atoms with E-state index < -0.39 is 17.9 Å². The van der Waals surface area contributed by atoms with Gasteiger partial charge in [0, 0.05) is 10.9 Å². The van der Waals surface area contributed by atoms with E-state index in [4.69, 9.17) is 9.52 Å². The van der Waals surface area contributed by atoms with Crippen LogP contribution < -0.4 is 5.32 Å². The molecule has 6 nitrogen and oxygen atoms in total. The molecule has 0 bridgehead atoms. The van der Waals surface area contributed by atoms with Crippen LogP contribution in [0.4, 0.5) is 0 Å². The Morgan fingerprint density at radius 2 is 2.30 bits per heavy atom. The Morgan fingerprint density at radius 1 is 1.52 bits per heavy atom. The molecule has 1 amide bonds. The third kappa shape index (κ3) is 4.53. The molecule has 2 N–H and O–H groups in total. The van der Waals surface area contributed by atoms with Gasteiger partial charge in [-0.25, -0.2) is 9.78 Å². The van der Waals surface area contributed by atoms with Crippen molar-refractivity contribution in [2.75, 3.05) is 0 Å². The zero-order chi connectivity index (χ0) is 16.8. The van der Waals surface area contributed by atoms with Gasteiger partial charge in [0.25, 0.3) is 0 Å². The molecular weight excluding hydrogens is 316 g/mol. The molecule has 1 unspecified atom stereocenters. The highest BCUT2D eigenvalue weighted by Gasteiger charge is 2.20. The van der Waals surface area contributed by atoms with Gasteiger partial charge in [0.2, 0.25) is 11.8 Å². The van der Waals surface area contributed by atoms with Crippen LogP contribution in [0.25, 0.3) is 11.5 Å². The second-order valence-electron chi connectivity index (χ2n) is 4.97. The van der Waals surface area contributed by atoms with Crippen molar-refractivity contribution in [3.8, 4) is 11.5 Å². The number of carbonyl (C=O) groups excluding carboxylic acids is 1. The molecule has 2 aromatic heterocycles. The zero-order valence-electron chi connectivity index (χ0n) is 12.9. The summed E-state index contributed by atoms with van der Waals surface area (Å²) < 4.78 is 5.57. The maximum absolute atomic E-state index is 12.1. The number of nitrogens with zero attached hydrogens (tertiary/aromatic N) is 1. The number of allylic oxidation sites excluding steroid dienone is 1. The summed E-state index contributed by atoms with van der Waals surface area (Å²) in [6, 6.07) is 0.944. The number of carbonyl (C=O) groups is 2. The number of oxazole rings is 1. The number of aromatic nitrogens is 1. The first kappa shape index (κ1) is 17.0. The first-order valence-electron chi connectivity index (χ1n) is 7.13. The third-order valence-electron chi connectivity index (χ3n) is 3.23. The van der Waals surface area contributed by atoms with Crippen LogP contribution in [0, 0.1) is 6.92 Å². The Morgan fingerprint density at radius 3 is 2.91 bits per heavy atom. The lowest BCUT2D eigenvalue weighted by Gasteiger charge is -2.12. The lowest BCUT2D eigenvalue weighted by atomic mass is 10.2. The summed E-state index contributed by atoms with van der Waals surface area (Å²) in [5.41, 5.74) is 1.38. The summed E-state index contributed by atoms with van der Waals surface area (Å²) in [5, 5.41) is 15.4. The number of carboxylic acid groups (broad SMARTS) is 1. The molecule has 0 radical (unpaired) electrons. The van der Waals surface area contributed by atoms with Gasteiger partial charge in [0.15, 0.2) is 0 Å². The molecule has 2 aromatic rings. The Kier molecular flexibility index (Phi) is 5.70. The van der Waals surface area contributed by atoms with E-state index in [1.54, 1.807) is 26.0 Å². The van der Waals surface area contributed by atoms with Crippen LogP contribution in [0.5, 0.6) is 0 Å². The minimum Gasteiger partial charge on any atom is -0.480 e. The number of hydrogen-bond acceptors (Lipinski definition) is 5. The average Bonchev–Trinajstić information content (AvgIpc) is 3.13. The second-order valence-corrected chi connectivity index (χ2v) is 5.75. The van der Waals surface area contributed by atoms with E-state index >= 15 is 0 Å². The fourth-order valence-corrected chi connectivity index (χ4v) is 2.62. The van der Waals surface area contributed by atoms with Crippen LogP contribution in [-0.2, 0) is 16.0 Å². The monoisotopic (exact) mass is 334 g/mol. The van der Waals surface area contributed by atoms with E-state index in [1.165, 1.54) is 11.3 Å². The van der Waals surface area contributed by atoms with Gasteiger partial charge in [-0.2, -0.15) is 11.3 Å². The summed E-state index contributed by atoms with van der Waals surface area (Å²) >= 11 is 1.53. The molecule has 0 aliphatic carbocycles. The number of thiophene rings is 1. The van der Waals surface area contributed by atoms with Crippen molar-refractivity contribution < 1.29 is 19.1 Å². The lowest BCUT2D eigenvalue weighted by Crippen LogP contribution is -2.41. The van der Waals surface area contributed by atoms with E-state index in [2.05, 4.69) is 10.3 Å². The summed E-state index contributed by atoms with van der Waals surface area (Å²) in [4.78, 5) is 27.5. The van der Waals surface area contributed by atoms with Crippen LogP contribution in [-0.4, -0.2) is 28.0 Å². The third-order valence-corrected chi connectivity index (χ3v) is 3.91. The Bertz CT molecular complexity index is 704. The molecule has 0 aliphatic heterocycles. The lowest BCUT2D eigenvalue weighted by molar-refractivity contribution is -0.141. The molecule has 0 aliphatic rings. The highest BCUT2D eigenvalue weighted by atomic mass is 32.1. The largest absolute Gasteiger partial charge is 0.480 e. The predicted molar refractivity (Wildman–Crippen MR) is 87.3 cm³/mol. The van der Waals surface area contributed by atoms with Gasteiger partial charge < -0.3 is 14.8 Å². The van der Waals surface area contributed by atoms with E-state index in [1.807, 2.05) is 16.8 Å². The smallest absolute Gasteiger partial charge is 0.326 e. The van der Waals surface area contributed by atoms with E-state index in [0.29, 0.717) is 17.3 Å². The van der Waals surface area contributed by atoms with Gasteiger partial charge in [-0.1, -0.05) is 12.2 Å². The van der Waals surface area contributed by atoms with Crippen molar-refractivity contribution in [3.05, 3.63) is 40.4 Å². The molecule has 0 aromatic carbocycles. The molecule has 0 spiro atoms. The van der Waals surface area contributed by atoms with Gasteiger partial charge in [0.05, 0.1) is 12.1 Å². The van der Waals surface area contributed by atoms with Crippen LogP contribution in [0.2, 0.25) is 0 Å². The first-order valence-corrected chi connectivity index (χ1v) is 8.07. The molecule has 7 heteroatoms. The van der Waals surface area contributed by atoms with Crippen LogP contribution in [0.15, 0.2) is 33.4 Å². The molecule has 1 atom stereocenters. The van der Waals surface area contributed by atoms with Crippen LogP contribution in [0.1, 0.15) is 24.8 Å². The standard InChI is InChI=1S/C16H18N2O4S/c1-3-4-5-12(16(20)21)17-14(19)8-13-10(2)22-15(18-13)11-6-7-23-9-11/h3-4,6-7,9,12H,5,8H2,1-2H3,(H,17,19)(H,20,21)/b4-3+. The number of aryl methyl sites for hydroxylation is 1. The number of nitrogens with one attached hydrogen (secondary N) is 1. The first-order chi connectivity index (χ1) is 11.0. The van der Waals surface area contributed by atoms with Gasteiger partial charge in [-0.05, 0) is 31.7 Å². The molecule has 0 saturated carbocycles. The fourth-order valence-electron chi connectivity index (χ4n) is 1.99. The number of amides is 1. The van der Waals surface area contributed by atoms with Crippen LogP contribution in [0.3, 0.4) is 0 Å². The van der Waals surface area contributed by atoms with Gasteiger partial charge in [0.1, 0.15) is 11.8 Å². The average molecular weight is 334 g/mol. The van der Waals surface area contributed by atoms with E-state index in [-0.39, 0.29) is 12.8 Å². The minimum absolute atomic E-state index is 0.0148. The number of aliphatic carboxylic acids is 1. The predicted octanol–water partition coefficient (Wildman–Crippen LogP) is 2.79. The van der Waals surface area contributed by atoms with E-state index in [9.17, 15) is 9.59 Å². The highest BCUT2D eigenvalue weighted by Crippen LogP contribution is 2.24. The maximum Gasteiger partial charge on any atom is 0.326 e. The minimum atomic E-state index is -1.06. The Hall–Kier alpha value is -2.41. The number of rotatable bonds is 7. The summed E-state index contributed by atoms with van der Waals surface area (Å²) in [6.07, 6.45) is 3.68. The SMILES string of the molecule is C/C=C/CC(NC(=O)Cc1nc(-c2ccsc2)oc1C)C(=O)O. The van der Waals surface area contributed by atoms with Crippen molar-refractivity contribution in [3.63, 3.8) is 0 Å². The molecule has 0 fully saturated rings. The topological polar surface area (TPSA) is 92.4 Å². The van der Waals surface area contributed by atoms with Crippen LogP contribution >= 0.6 is 11.3 Å². The Balaban J connectivity index is 2.03. The number of carboxylic acids is 1. The van der Waals surface area contributed by atoms with Gasteiger partial charge in [-0.3, -0.25) is 4.79 Å². The normalized spacial score (nSPS) is 12.4. The molecular formula is C16H18N2O4S. The molecule has 122 valence electrons. The zero-order valence-corrected chi connectivity index (χ0v) is 13.7. The molecule has 2 heterocycles. The van der Waals surface area contributed by atoms with Crippen molar-refractivity contribution in [1.82, 2.24) is 10.3 Å². The van der Waals surface area contributed by atoms with Gasteiger partial charge >= 0.3 is 5.97 Å². The van der Waals surface area contributed by atoms with Gasteiger partial charge in [-0.15, -0.1) is 0 Å². The van der Waals surface area contributed by atoms with Crippen molar-refractivity contribution >= 4 is 23.2 Å². The fraction of sp³-hybridized carbons (Fsp3) is 0.312. The molecule has 23 heavy (non-hydrogen) atoms. The van der Waals surface area contributed by atoms with Crippen molar-refractivity contribution in [2.24, 2.45) is 0 Å². The van der Waals surface area contributed by atoms with E-state index in [0.717, 1.165) is 5.56 Å². The number of hydrogen-bond donors (Lipinski definition) is 2. The maximum atomic E-state index is 12.1. The summed E-state index contributed by atoms with van der Waals surface area (Å²) in [7, 11) is 0. The second kappa shape index (κ2) is 7.73. The quantitative estimate of drug-likeness (QED) is 0.760. The summed E-state index contributed by atoms with van der Waals surface area (Å²) in [5.74, 6) is -0.431. The summed E-state index contributed by atoms with van der Waals surface area (Å²) in [6.45, 7) is 3.53. The van der Waals surface area contributed by atoms with Crippen molar-refractivity contribution in [1.29, 1.82) is 0 Å². The molecule has 2 rings (SSSR count). The van der Waals surface area contributed by atoms with Crippen molar-refractivity contribution in [2.45, 2.75) is 32.7 Å². The Labute approximate surface area is 137 Å².